The van der Waals surface area contributed by atoms with Crippen molar-refractivity contribution >= 4 is 33.4 Å². The van der Waals surface area contributed by atoms with E-state index in [0.29, 0.717) is 5.00 Å². The van der Waals surface area contributed by atoms with E-state index in [4.69, 9.17) is 0 Å². The van der Waals surface area contributed by atoms with E-state index in [2.05, 4.69) is 35.0 Å². The third-order valence-electron chi connectivity index (χ3n) is 3.57. The Morgan fingerprint density at radius 3 is 2.43 bits per heavy atom. The predicted molar refractivity (Wildman–Crippen MR) is 94.6 cm³/mol. The Morgan fingerprint density at radius 1 is 1.17 bits per heavy atom. The van der Waals surface area contributed by atoms with E-state index in [0.717, 1.165) is 34.9 Å². The molecule has 6 nitrogen and oxygen atoms in total. The highest BCUT2D eigenvalue weighted by Gasteiger charge is 2.17. The van der Waals surface area contributed by atoms with E-state index >= 15 is 0 Å². The summed E-state index contributed by atoms with van der Waals surface area (Å²) >= 11 is 1.27. The van der Waals surface area contributed by atoms with E-state index in [9.17, 15) is 10.1 Å². The lowest BCUT2D eigenvalue weighted by atomic mass is 10.1. The quantitative estimate of drug-likeness (QED) is 0.396. The number of anilines is 1. The van der Waals surface area contributed by atoms with Crippen molar-refractivity contribution in [3.63, 3.8) is 0 Å². The fourth-order valence-corrected chi connectivity index (χ4v) is 3.12. The number of benzene rings is 1. The van der Waals surface area contributed by atoms with Crippen molar-refractivity contribution in [2.24, 2.45) is 10.2 Å². The van der Waals surface area contributed by atoms with Gasteiger partial charge in [0.05, 0.1) is 10.6 Å². The molecule has 2 rings (SSSR count). The number of hydrogen-bond donors (Lipinski definition) is 0. The minimum atomic E-state index is -0.422. The Kier molecular flexibility index (Phi) is 5.44. The van der Waals surface area contributed by atoms with Gasteiger partial charge >= 0.3 is 5.69 Å². The zero-order valence-corrected chi connectivity index (χ0v) is 14.6. The van der Waals surface area contributed by atoms with Crippen molar-refractivity contribution in [2.45, 2.75) is 27.7 Å². The highest BCUT2D eigenvalue weighted by molar-refractivity contribution is 7.16. The van der Waals surface area contributed by atoms with Crippen LogP contribution in [0.25, 0.3) is 0 Å². The molecular formula is C16H20N4O2S. The van der Waals surface area contributed by atoms with Crippen LogP contribution in [0, 0.1) is 24.0 Å². The number of nitrogens with zero attached hydrogens (tertiary/aromatic N) is 4. The lowest BCUT2D eigenvalue weighted by Gasteiger charge is -2.21. The molecular weight excluding hydrogens is 312 g/mol. The molecule has 0 spiro atoms. The summed E-state index contributed by atoms with van der Waals surface area (Å²) in [4.78, 5) is 13.7. The molecule has 0 amide bonds. The minimum Gasteiger partial charge on any atom is -0.372 e. The maximum Gasteiger partial charge on any atom is 0.308 e. The van der Waals surface area contributed by atoms with Gasteiger partial charge in [-0.15, -0.1) is 21.6 Å². The first-order chi connectivity index (χ1) is 11.0. The van der Waals surface area contributed by atoms with Crippen LogP contribution in [0.5, 0.6) is 0 Å². The van der Waals surface area contributed by atoms with E-state index in [1.54, 1.807) is 0 Å². The van der Waals surface area contributed by atoms with Crippen LogP contribution < -0.4 is 4.90 Å². The SMILES string of the molecule is CCN(CC)c1ccc(N=Nc2sc(C)cc2[N+](=O)[O-])c(C)c1. The molecule has 0 aliphatic rings. The summed E-state index contributed by atoms with van der Waals surface area (Å²) in [6.45, 7) is 9.90. The van der Waals surface area contributed by atoms with Crippen LogP contribution in [0.1, 0.15) is 24.3 Å². The second kappa shape index (κ2) is 7.32. The maximum atomic E-state index is 11.0. The van der Waals surface area contributed by atoms with Gasteiger partial charge in [-0.05, 0) is 51.5 Å². The summed E-state index contributed by atoms with van der Waals surface area (Å²) in [6, 6.07) is 7.49. The van der Waals surface area contributed by atoms with Gasteiger partial charge in [0, 0.05) is 29.7 Å². The summed E-state index contributed by atoms with van der Waals surface area (Å²) in [7, 11) is 0. The van der Waals surface area contributed by atoms with Crippen LogP contribution in [0.2, 0.25) is 0 Å². The van der Waals surface area contributed by atoms with Crippen molar-refractivity contribution in [2.75, 3.05) is 18.0 Å². The molecule has 0 unspecified atom stereocenters. The summed E-state index contributed by atoms with van der Waals surface area (Å²) in [5.41, 5.74) is 2.87. The number of nitro groups is 1. The second-order valence-electron chi connectivity index (χ2n) is 5.15. The molecule has 0 saturated carbocycles. The Morgan fingerprint density at radius 2 is 1.87 bits per heavy atom. The molecule has 0 radical (unpaired) electrons. The van der Waals surface area contributed by atoms with Crippen molar-refractivity contribution in [3.8, 4) is 0 Å². The van der Waals surface area contributed by atoms with Crippen LogP contribution in [-0.4, -0.2) is 18.0 Å². The monoisotopic (exact) mass is 332 g/mol. The standard InChI is InChI=1S/C16H20N4O2S/c1-5-19(6-2)13-7-8-14(11(3)9-13)17-18-16-15(20(21)22)10-12(4)23-16/h7-10H,5-6H2,1-4H3. The molecule has 2 aromatic rings. The number of aryl methyl sites for hydroxylation is 2. The van der Waals surface area contributed by atoms with Gasteiger partial charge in [0.25, 0.3) is 0 Å². The predicted octanol–water partition coefficient (Wildman–Crippen LogP) is 5.53. The number of hydrogen-bond acceptors (Lipinski definition) is 6. The number of thiophene rings is 1. The van der Waals surface area contributed by atoms with Crippen LogP contribution >= 0.6 is 11.3 Å². The van der Waals surface area contributed by atoms with Gasteiger partial charge in [-0.1, -0.05) is 0 Å². The molecule has 0 atom stereocenters. The van der Waals surface area contributed by atoms with Crippen molar-refractivity contribution in [1.29, 1.82) is 0 Å². The van der Waals surface area contributed by atoms with Gasteiger partial charge in [0.1, 0.15) is 0 Å². The molecule has 0 bridgehead atoms. The van der Waals surface area contributed by atoms with E-state index in [-0.39, 0.29) is 5.69 Å². The highest BCUT2D eigenvalue weighted by atomic mass is 32.1. The first-order valence-electron chi connectivity index (χ1n) is 7.48. The molecule has 0 aliphatic heterocycles. The molecule has 1 aromatic carbocycles. The molecule has 122 valence electrons. The van der Waals surface area contributed by atoms with E-state index in [1.165, 1.54) is 17.4 Å². The molecule has 1 aromatic heterocycles. The summed E-state index contributed by atoms with van der Waals surface area (Å²) in [6.07, 6.45) is 0. The summed E-state index contributed by atoms with van der Waals surface area (Å²) in [5, 5.41) is 19.6. The molecule has 0 aliphatic carbocycles. The van der Waals surface area contributed by atoms with Crippen LogP contribution in [0.4, 0.5) is 22.1 Å². The van der Waals surface area contributed by atoms with E-state index in [1.807, 2.05) is 26.0 Å². The Labute approximate surface area is 139 Å². The fourth-order valence-electron chi connectivity index (χ4n) is 2.33. The molecule has 1 heterocycles. The smallest absolute Gasteiger partial charge is 0.308 e. The third kappa shape index (κ3) is 3.92. The normalized spacial score (nSPS) is 11.1. The highest BCUT2D eigenvalue weighted by Crippen LogP contribution is 2.38. The average Bonchev–Trinajstić information content (AvgIpc) is 2.89. The van der Waals surface area contributed by atoms with Gasteiger partial charge in [0.2, 0.25) is 5.00 Å². The second-order valence-corrected chi connectivity index (χ2v) is 6.38. The van der Waals surface area contributed by atoms with Gasteiger partial charge in [-0.2, -0.15) is 0 Å². The molecule has 23 heavy (non-hydrogen) atoms. The Balaban J connectivity index is 2.28. The average molecular weight is 332 g/mol. The third-order valence-corrected chi connectivity index (χ3v) is 4.49. The van der Waals surface area contributed by atoms with Gasteiger partial charge < -0.3 is 4.90 Å². The first kappa shape index (κ1) is 17.1. The summed E-state index contributed by atoms with van der Waals surface area (Å²) < 4.78 is 0. The summed E-state index contributed by atoms with van der Waals surface area (Å²) in [5.74, 6) is 0. The Bertz CT molecular complexity index is 736. The Hall–Kier alpha value is -2.28. The van der Waals surface area contributed by atoms with Crippen LogP contribution in [0.15, 0.2) is 34.5 Å². The van der Waals surface area contributed by atoms with E-state index < -0.39 is 4.92 Å². The van der Waals surface area contributed by atoms with Crippen molar-refractivity contribution in [3.05, 3.63) is 44.8 Å². The molecule has 0 fully saturated rings. The maximum absolute atomic E-state index is 11.0. The lowest BCUT2D eigenvalue weighted by Crippen LogP contribution is -2.21. The first-order valence-corrected chi connectivity index (χ1v) is 8.30. The van der Waals surface area contributed by atoms with Gasteiger partial charge in [-0.25, -0.2) is 0 Å². The zero-order valence-electron chi connectivity index (χ0n) is 13.7. The van der Waals surface area contributed by atoms with Gasteiger partial charge in [-0.3, -0.25) is 10.1 Å². The topological polar surface area (TPSA) is 71.1 Å². The zero-order chi connectivity index (χ0) is 17.0. The molecule has 0 N–H and O–H groups in total. The fraction of sp³-hybridized carbons (Fsp3) is 0.375. The van der Waals surface area contributed by atoms with Crippen molar-refractivity contribution < 1.29 is 4.92 Å². The van der Waals surface area contributed by atoms with Crippen molar-refractivity contribution in [1.82, 2.24) is 0 Å². The number of rotatable bonds is 6. The molecule has 0 saturated heterocycles. The largest absolute Gasteiger partial charge is 0.372 e. The lowest BCUT2D eigenvalue weighted by molar-refractivity contribution is -0.383. The van der Waals surface area contributed by atoms with Gasteiger partial charge in [0.15, 0.2) is 0 Å². The van der Waals surface area contributed by atoms with Crippen LogP contribution in [0.3, 0.4) is 0 Å². The minimum absolute atomic E-state index is 0.00802. The molecule has 7 heteroatoms. The van der Waals surface area contributed by atoms with Crippen LogP contribution in [-0.2, 0) is 0 Å². The number of azo groups is 1.